The number of hydrogen-bond acceptors (Lipinski definition) is 5. The van der Waals surface area contributed by atoms with Gasteiger partial charge in [-0.05, 0) is 37.6 Å². The first-order valence-corrected chi connectivity index (χ1v) is 9.87. The van der Waals surface area contributed by atoms with E-state index in [0.717, 1.165) is 23.3 Å². The summed E-state index contributed by atoms with van der Waals surface area (Å²) < 4.78 is 16.2. The zero-order valence-corrected chi connectivity index (χ0v) is 18.1. The number of nitrogens with zero attached hydrogens (tertiary/aromatic N) is 1. The maximum absolute atomic E-state index is 11.8. The molecule has 0 aromatic heterocycles. The summed E-state index contributed by atoms with van der Waals surface area (Å²) in [6.07, 6.45) is 0.812. The minimum Gasteiger partial charge on any atom is -0.496 e. The third kappa shape index (κ3) is 4.84. The summed E-state index contributed by atoms with van der Waals surface area (Å²) in [6, 6.07) is 13.5. The van der Waals surface area contributed by atoms with E-state index in [2.05, 4.69) is 35.5 Å². The number of esters is 1. The highest BCUT2D eigenvalue weighted by molar-refractivity contribution is 5.92. The Morgan fingerprint density at radius 1 is 1.23 bits per heavy atom. The summed E-state index contributed by atoms with van der Waals surface area (Å²) in [5, 5.41) is 6.84. The number of methoxy groups -OCH3 is 2. The van der Waals surface area contributed by atoms with Crippen LogP contribution in [0.1, 0.15) is 47.8 Å². The Kier molecular flexibility index (Phi) is 6.50. The number of hydrogen-bond donors (Lipinski definition) is 2. The van der Waals surface area contributed by atoms with Gasteiger partial charge in [-0.1, -0.05) is 24.3 Å². The van der Waals surface area contributed by atoms with Crippen LogP contribution in [0.15, 0.2) is 47.5 Å². The molecule has 1 heterocycles. The summed E-state index contributed by atoms with van der Waals surface area (Å²) in [5.74, 6) is 1.63. The standard InChI is InChI=1S/C23H29N3O4/c1-23(2)13-18(16-8-6-7-9-19(16)30-23)26-22(24-3)25-14-15-10-11-17(21(27)29-5)20(12-15)28-4/h6-12,18H,13-14H2,1-5H3,(H2,24,25,26). The molecule has 0 bridgehead atoms. The van der Waals surface area contributed by atoms with Crippen LogP contribution in [0.5, 0.6) is 11.5 Å². The summed E-state index contributed by atoms with van der Waals surface area (Å²) in [7, 11) is 4.62. The van der Waals surface area contributed by atoms with Gasteiger partial charge in [0.2, 0.25) is 0 Å². The van der Waals surface area contributed by atoms with Gasteiger partial charge in [0, 0.05) is 25.6 Å². The molecule has 1 aliphatic heterocycles. The number of carbonyl (C=O) groups excluding carboxylic acids is 1. The first-order chi connectivity index (χ1) is 14.4. The minimum atomic E-state index is -0.426. The highest BCUT2D eigenvalue weighted by Gasteiger charge is 2.33. The normalized spacial score (nSPS) is 17.4. The van der Waals surface area contributed by atoms with Gasteiger partial charge in [-0.15, -0.1) is 0 Å². The van der Waals surface area contributed by atoms with Crippen LogP contribution in [-0.2, 0) is 11.3 Å². The molecule has 2 aromatic rings. The molecule has 3 rings (SSSR count). The van der Waals surface area contributed by atoms with Crippen molar-refractivity contribution in [3.63, 3.8) is 0 Å². The van der Waals surface area contributed by atoms with Crippen LogP contribution in [-0.4, -0.2) is 38.8 Å². The average Bonchev–Trinajstić information content (AvgIpc) is 2.74. The van der Waals surface area contributed by atoms with Crippen molar-refractivity contribution in [1.82, 2.24) is 10.6 Å². The number of nitrogens with one attached hydrogen (secondary N) is 2. The molecule has 1 atom stereocenters. The Morgan fingerprint density at radius 2 is 2.00 bits per heavy atom. The first-order valence-electron chi connectivity index (χ1n) is 9.87. The van der Waals surface area contributed by atoms with Crippen molar-refractivity contribution in [3.05, 3.63) is 59.2 Å². The molecule has 0 saturated heterocycles. The maximum atomic E-state index is 11.8. The number of rotatable bonds is 5. The van der Waals surface area contributed by atoms with E-state index in [0.29, 0.717) is 23.8 Å². The van der Waals surface area contributed by atoms with Gasteiger partial charge in [0.25, 0.3) is 0 Å². The van der Waals surface area contributed by atoms with Gasteiger partial charge in [-0.2, -0.15) is 0 Å². The van der Waals surface area contributed by atoms with E-state index in [1.807, 2.05) is 30.3 Å². The molecule has 2 aromatic carbocycles. The predicted octanol–water partition coefficient (Wildman–Crippen LogP) is 3.45. The number of para-hydroxylation sites is 1. The van der Waals surface area contributed by atoms with E-state index in [1.54, 1.807) is 13.1 Å². The molecule has 7 heteroatoms. The van der Waals surface area contributed by atoms with Crippen LogP contribution in [0.2, 0.25) is 0 Å². The number of carbonyl (C=O) groups is 1. The van der Waals surface area contributed by atoms with Gasteiger partial charge in [0.15, 0.2) is 5.96 Å². The Morgan fingerprint density at radius 3 is 2.70 bits per heavy atom. The second kappa shape index (κ2) is 9.07. The van der Waals surface area contributed by atoms with Gasteiger partial charge in [0.05, 0.1) is 20.3 Å². The molecule has 0 amide bonds. The minimum absolute atomic E-state index is 0.0763. The third-order valence-electron chi connectivity index (χ3n) is 5.04. The van der Waals surface area contributed by atoms with Crippen molar-refractivity contribution in [3.8, 4) is 11.5 Å². The number of fused-ring (bicyclic) bond motifs is 1. The van der Waals surface area contributed by atoms with Crippen molar-refractivity contribution < 1.29 is 19.0 Å². The second-order valence-electron chi connectivity index (χ2n) is 7.75. The number of guanidine groups is 1. The molecule has 0 spiro atoms. The van der Waals surface area contributed by atoms with Gasteiger partial charge < -0.3 is 24.8 Å². The van der Waals surface area contributed by atoms with E-state index in [9.17, 15) is 4.79 Å². The van der Waals surface area contributed by atoms with Crippen molar-refractivity contribution in [2.24, 2.45) is 4.99 Å². The summed E-state index contributed by atoms with van der Waals surface area (Å²) in [6.45, 7) is 4.69. The molecule has 1 aliphatic rings. The lowest BCUT2D eigenvalue weighted by molar-refractivity contribution is 0.0596. The van der Waals surface area contributed by atoms with Crippen LogP contribution in [0.4, 0.5) is 0 Å². The fraction of sp³-hybridized carbons (Fsp3) is 0.391. The van der Waals surface area contributed by atoms with Gasteiger partial charge in [-0.3, -0.25) is 4.99 Å². The van der Waals surface area contributed by atoms with Gasteiger partial charge >= 0.3 is 5.97 Å². The zero-order chi connectivity index (χ0) is 21.7. The topological polar surface area (TPSA) is 81.2 Å². The lowest BCUT2D eigenvalue weighted by Gasteiger charge is -2.38. The van der Waals surface area contributed by atoms with E-state index >= 15 is 0 Å². The van der Waals surface area contributed by atoms with Crippen LogP contribution in [0, 0.1) is 0 Å². The van der Waals surface area contributed by atoms with Crippen molar-refractivity contribution >= 4 is 11.9 Å². The lowest BCUT2D eigenvalue weighted by atomic mass is 9.90. The van der Waals surface area contributed by atoms with Crippen LogP contribution >= 0.6 is 0 Å². The number of benzene rings is 2. The molecular weight excluding hydrogens is 382 g/mol. The van der Waals surface area contributed by atoms with E-state index in [1.165, 1.54) is 14.2 Å². The first kappa shape index (κ1) is 21.5. The van der Waals surface area contributed by atoms with E-state index in [-0.39, 0.29) is 11.6 Å². The molecule has 160 valence electrons. The molecule has 0 fully saturated rings. The Bertz CT molecular complexity index is 940. The largest absolute Gasteiger partial charge is 0.496 e. The van der Waals surface area contributed by atoms with E-state index < -0.39 is 5.97 Å². The Balaban J connectivity index is 1.71. The fourth-order valence-corrected chi connectivity index (χ4v) is 3.60. The highest BCUT2D eigenvalue weighted by Crippen LogP contribution is 2.39. The monoisotopic (exact) mass is 411 g/mol. The van der Waals surface area contributed by atoms with E-state index in [4.69, 9.17) is 14.2 Å². The second-order valence-corrected chi connectivity index (χ2v) is 7.75. The fourth-order valence-electron chi connectivity index (χ4n) is 3.60. The summed E-state index contributed by atoms with van der Waals surface area (Å²) in [4.78, 5) is 16.2. The Labute approximate surface area is 177 Å². The van der Waals surface area contributed by atoms with Gasteiger partial charge in [0.1, 0.15) is 22.7 Å². The number of ether oxygens (including phenoxy) is 3. The summed E-state index contributed by atoms with van der Waals surface area (Å²) in [5.41, 5.74) is 2.19. The molecule has 30 heavy (non-hydrogen) atoms. The predicted molar refractivity (Wildman–Crippen MR) is 116 cm³/mol. The zero-order valence-electron chi connectivity index (χ0n) is 18.1. The molecule has 2 N–H and O–H groups in total. The number of aliphatic imine (C=N–C) groups is 1. The Hall–Kier alpha value is -3.22. The summed E-state index contributed by atoms with van der Waals surface area (Å²) >= 11 is 0. The van der Waals surface area contributed by atoms with Crippen molar-refractivity contribution in [2.75, 3.05) is 21.3 Å². The maximum Gasteiger partial charge on any atom is 0.341 e. The SMILES string of the molecule is CN=C(NCc1ccc(C(=O)OC)c(OC)c1)NC1CC(C)(C)Oc2ccccc21. The smallest absolute Gasteiger partial charge is 0.341 e. The molecular formula is C23H29N3O4. The molecule has 0 saturated carbocycles. The average molecular weight is 412 g/mol. The quantitative estimate of drug-likeness (QED) is 0.446. The van der Waals surface area contributed by atoms with Crippen molar-refractivity contribution in [1.29, 1.82) is 0 Å². The van der Waals surface area contributed by atoms with Gasteiger partial charge in [-0.25, -0.2) is 4.79 Å². The molecule has 7 nitrogen and oxygen atoms in total. The molecule has 0 aliphatic carbocycles. The van der Waals surface area contributed by atoms with Crippen molar-refractivity contribution in [2.45, 2.75) is 38.5 Å². The van der Waals surface area contributed by atoms with Crippen LogP contribution < -0.4 is 20.1 Å². The van der Waals surface area contributed by atoms with Crippen LogP contribution in [0.25, 0.3) is 0 Å². The lowest BCUT2D eigenvalue weighted by Crippen LogP contribution is -2.45. The third-order valence-corrected chi connectivity index (χ3v) is 5.04. The molecule has 1 unspecified atom stereocenters. The van der Waals surface area contributed by atoms with Crippen LogP contribution in [0.3, 0.4) is 0 Å². The molecule has 0 radical (unpaired) electrons. The highest BCUT2D eigenvalue weighted by atomic mass is 16.5.